The number of hydrogen-bond acceptors (Lipinski definition) is 2. The van der Waals surface area contributed by atoms with Crippen LogP contribution < -0.4 is 10.9 Å². The van der Waals surface area contributed by atoms with Crippen molar-refractivity contribution >= 4 is 5.91 Å². The fourth-order valence-corrected chi connectivity index (χ4v) is 3.23. The van der Waals surface area contributed by atoms with E-state index < -0.39 is 0 Å². The minimum atomic E-state index is -0.179. The maximum Gasteiger partial charge on any atom is 0.252 e. The van der Waals surface area contributed by atoms with Gasteiger partial charge in [0.1, 0.15) is 0 Å². The molecule has 3 rings (SSSR count). The highest BCUT2D eigenvalue weighted by Crippen LogP contribution is 2.44. The maximum absolute atomic E-state index is 12.0. The zero-order chi connectivity index (χ0) is 11.8. The molecular formula is C13H16N2O2. The van der Waals surface area contributed by atoms with Gasteiger partial charge in [-0.1, -0.05) is 6.42 Å². The molecule has 0 spiro atoms. The standard InChI is InChI=1S/C13H16N2O2/c16-12-4-3-10(7-14-12)13(17)15-11-6-8-1-2-9(11)5-8/h3-4,7-9,11H,1-2,5-6H2,(H,14,16)(H,15,17). The average Bonchev–Trinajstić information content (AvgIpc) is 2.91. The van der Waals surface area contributed by atoms with E-state index in [0.29, 0.717) is 17.5 Å². The summed E-state index contributed by atoms with van der Waals surface area (Å²) in [6, 6.07) is 3.30. The van der Waals surface area contributed by atoms with Crippen LogP contribution >= 0.6 is 0 Å². The number of H-pyrrole nitrogens is 1. The molecule has 2 aliphatic carbocycles. The number of pyridine rings is 1. The molecule has 1 amide bonds. The topological polar surface area (TPSA) is 62.0 Å². The normalized spacial score (nSPS) is 30.5. The third kappa shape index (κ3) is 1.99. The summed E-state index contributed by atoms with van der Waals surface area (Å²) < 4.78 is 0. The van der Waals surface area contributed by atoms with Gasteiger partial charge in [0.25, 0.3) is 5.91 Å². The van der Waals surface area contributed by atoms with E-state index in [1.54, 1.807) is 6.07 Å². The largest absolute Gasteiger partial charge is 0.349 e. The quantitative estimate of drug-likeness (QED) is 0.807. The first-order chi connectivity index (χ1) is 8.22. The second kappa shape index (κ2) is 4.02. The Morgan fingerprint density at radius 1 is 1.29 bits per heavy atom. The summed E-state index contributed by atoms with van der Waals surface area (Å²) in [7, 11) is 0. The van der Waals surface area contributed by atoms with Gasteiger partial charge in [-0.05, 0) is 37.2 Å². The maximum atomic E-state index is 12.0. The van der Waals surface area contributed by atoms with Crippen LogP contribution in [0.5, 0.6) is 0 Å². The van der Waals surface area contributed by atoms with Gasteiger partial charge in [-0.2, -0.15) is 0 Å². The highest BCUT2D eigenvalue weighted by Gasteiger charge is 2.40. The molecule has 1 aromatic heterocycles. The Bertz CT molecular complexity index is 474. The Hall–Kier alpha value is -1.58. The molecule has 0 aliphatic heterocycles. The second-order valence-corrected chi connectivity index (χ2v) is 5.20. The van der Waals surface area contributed by atoms with Gasteiger partial charge in [-0.15, -0.1) is 0 Å². The van der Waals surface area contributed by atoms with E-state index in [-0.39, 0.29) is 11.5 Å². The fourth-order valence-electron chi connectivity index (χ4n) is 3.23. The van der Waals surface area contributed by atoms with Crippen LogP contribution in [-0.4, -0.2) is 16.9 Å². The van der Waals surface area contributed by atoms with E-state index in [9.17, 15) is 9.59 Å². The zero-order valence-electron chi connectivity index (χ0n) is 9.61. The SMILES string of the molecule is O=C(NC1CC2CCC1C2)c1ccc(=O)[nH]c1. The Kier molecular flexibility index (Phi) is 2.50. The van der Waals surface area contributed by atoms with E-state index in [0.717, 1.165) is 12.3 Å². The molecule has 2 aliphatic rings. The number of carbonyl (C=O) groups is 1. The lowest BCUT2D eigenvalue weighted by Crippen LogP contribution is -2.38. The van der Waals surface area contributed by atoms with E-state index in [1.165, 1.54) is 31.5 Å². The first kappa shape index (κ1) is 10.6. The number of rotatable bonds is 2. The molecule has 2 fully saturated rings. The van der Waals surface area contributed by atoms with Crippen LogP contribution in [0.1, 0.15) is 36.0 Å². The molecule has 3 unspecified atom stereocenters. The summed E-state index contributed by atoms with van der Waals surface area (Å²) in [4.78, 5) is 25.4. The summed E-state index contributed by atoms with van der Waals surface area (Å²) in [6.45, 7) is 0. The molecule has 1 heterocycles. The van der Waals surface area contributed by atoms with Crippen LogP contribution in [0.4, 0.5) is 0 Å². The lowest BCUT2D eigenvalue weighted by molar-refractivity contribution is 0.0922. The predicted molar refractivity (Wildman–Crippen MR) is 63.8 cm³/mol. The van der Waals surface area contributed by atoms with E-state index >= 15 is 0 Å². The first-order valence-corrected chi connectivity index (χ1v) is 6.22. The number of hydrogen-bond donors (Lipinski definition) is 2. The van der Waals surface area contributed by atoms with Gasteiger partial charge in [0.2, 0.25) is 5.56 Å². The Labute approximate surface area is 99.4 Å². The van der Waals surface area contributed by atoms with Crippen molar-refractivity contribution in [2.45, 2.75) is 31.7 Å². The second-order valence-electron chi connectivity index (χ2n) is 5.20. The van der Waals surface area contributed by atoms with Crippen molar-refractivity contribution in [3.8, 4) is 0 Å². The van der Waals surface area contributed by atoms with Crippen LogP contribution in [0.25, 0.3) is 0 Å². The molecule has 4 nitrogen and oxygen atoms in total. The smallest absolute Gasteiger partial charge is 0.252 e. The number of amides is 1. The van der Waals surface area contributed by atoms with Crippen molar-refractivity contribution in [2.24, 2.45) is 11.8 Å². The van der Waals surface area contributed by atoms with Crippen molar-refractivity contribution in [2.75, 3.05) is 0 Å². The van der Waals surface area contributed by atoms with Crippen LogP contribution in [0.3, 0.4) is 0 Å². The Morgan fingerprint density at radius 3 is 2.76 bits per heavy atom. The molecule has 0 saturated heterocycles. The number of carbonyl (C=O) groups excluding carboxylic acids is 1. The van der Waals surface area contributed by atoms with Crippen LogP contribution in [-0.2, 0) is 0 Å². The van der Waals surface area contributed by atoms with Crippen molar-refractivity contribution in [1.82, 2.24) is 10.3 Å². The van der Waals surface area contributed by atoms with Gasteiger partial charge < -0.3 is 10.3 Å². The van der Waals surface area contributed by atoms with Gasteiger partial charge in [-0.25, -0.2) is 0 Å². The summed E-state index contributed by atoms with van der Waals surface area (Å²) in [5.41, 5.74) is 0.355. The van der Waals surface area contributed by atoms with Crippen molar-refractivity contribution in [3.05, 3.63) is 34.2 Å². The number of nitrogens with one attached hydrogen (secondary N) is 2. The van der Waals surface area contributed by atoms with Crippen LogP contribution in [0.15, 0.2) is 23.1 Å². The summed E-state index contributed by atoms with van der Waals surface area (Å²) in [5, 5.41) is 3.09. The third-order valence-electron chi connectivity index (χ3n) is 4.10. The Balaban J connectivity index is 1.67. The molecule has 3 atom stereocenters. The molecule has 4 heteroatoms. The molecule has 90 valence electrons. The molecule has 1 aromatic rings. The van der Waals surface area contributed by atoms with Gasteiger partial charge in [0, 0.05) is 18.3 Å². The average molecular weight is 232 g/mol. The first-order valence-electron chi connectivity index (χ1n) is 6.22. The van der Waals surface area contributed by atoms with Gasteiger partial charge in [-0.3, -0.25) is 9.59 Å². The molecule has 2 saturated carbocycles. The highest BCUT2D eigenvalue weighted by molar-refractivity contribution is 5.94. The number of aromatic amines is 1. The molecule has 0 aromatic carbocycles. The van der Waals surface area contributed by atoms with E-state index in [4.69, 9.17) is 0 Å². The lowest BCUT2D eigenvalue weighted by Gasteiger charge is -2.22. The third-order valence-corrected chi connectivity index (χ3v) is 4.10. The summed E-state index contributed by atoms with van der Waals surface area (Å²) in [6.07, 6.45) is 6.46. The molecule has 17 heavy (non-hydrogen) atoms. The monoisotopic (exact) mass is 232 g/mol. The fraction of sp³-hybridized carbons (Fsp3) is 0.538. The van der Waals surface area contributed by atoms with Gasteiger partial charge >= 0.3 is 0 Å². The highest BCUT2D eigenvalue weighted by atomic mass is 16.2. The lowest BCUT2D eigenvalue weighted by atomic mass is 9.95. The summed E-state index contributed by atoms with van der Waals surface area (Å²) in [5.74, 6) is 1.42. The number of aromatic nitrogens is 1. The predicted octanol–water partition coefficient (Wildman–Crippen LogP) is 1.29. The minimum absolute atomic E-state index is 0.0706. The van der Waals surface area contributed by atoms with Crippen LogP contribution in [0, 0.1) is 11.8 Å². The van der Waals surface area contributed by atoms with Gasteiger partial charge in [0.15, 0.2) is 0 Å². The molecule has 2 bridgehead atoms. The molecular weight excluding hydrogens is 216 g/mol. The molecule has 0 radical (unpaired) electrons. The molecule has 2 N–H and O–H groups in total. The Morgan fingerprint density at radius 2 is 2.18 bits per heavy atom. The van der Waals surface area contributed by atoms with E-state index in [2.05, 4.69) is 10.3 Å². The van der Waals surface area contributed by atoms with Crippen molar-refractivity contribution in [3.63, 3.8) is 0 Å². The van der Waals surface area contributed by atoms with Gasteiger partial charge in [0.05, 0.1) is 5.56 Å². The van der Waals surface area contributed by atoms with Crippen molar-refractivity contribution < 1.29 is 4.79 Å². The minimum Gasteiger partial charge on any atom is -0.349 e. The summed E-state index contributed by atoms with van der Waals surface area (Å²) >= 11 is 0. The number of fused-ring (bicyclic) bond motifs is 2. The van der Waals surface area contributed by atoms with Crippen molar-refractivity contribution in [1.29, 1.82) is 0 Å². The zero-order valence-corrected chi connectivity index (χ0v) is 9.61. The van der Waals surface area contributed by atoms with Crippen LogP contribution in [0.2, 0.25) is 0 Å². The van der Waals surface area contributed by atoms with E-state index in [1.807, 2.05) is 0 Å².